The Morgan fingerprint density at radius 2 is 2.48 bits per heavy atom. The zero-order chi connectivity index (χ0) is 14.8. The molecule has 1 aromatic rings. The van der Waals surface area contributed by atoms with E-state index in [4.69, 9.17) is 21.4 Å². The molecule has 2 saturated heterocycles. The minimum absolute atomic E-state index is 0.0540. The molecule has 2 N–H and O–H groups in total. The maximum atomic E-state index is 11.0. The molecule has 2 atom stereocenters. The number of aromatic nitrogens is 1. The molecule has 2 unspecified atom stereocenters. The van der Waals surface area contributed by atoms with Crippen molar-refractivity contribution in [3.05, 3.63) is 22.8 Å². The van der Waals surface area contributed by atoms with Crippen molar-refractivity contribution in [3.63, 3.8) is 0 Å². The topological polar surface area (TPSA) is 74.7 Å². The van der Waals surface area contributed by atoms with Gasteiger partial charge in [-0.05, 0) is 25.5 Å². The molecule has 7 heteroatoms. The van der Waals surface area contributed by atoms with Gasteiger partial charge >= 0.3 is 5.97 Å². The minimum Gasteiger partial charge on any atom is -0.478 e. The van der Waals surface area contributed by atoms with Gasteiger partial charge in [0.25, 0.3) is 0 Å². The third kappa shape index (κ3) is 3.28. The summed E-state index contributed by atoms with van der Waals surface area (Å²) in [6.07, 6.45) is 3.92. The molecule has 0 aliphatic carbocycles. The number of morpholine rings is 1. The number of aromatic carboxylic acids is 1. The molecule has 1 aromatic heterocycles. The van der Waals surface area contributed by atoms with Crippen LogP contribution in [0, 0.1) is 0 Å². The second-order valence-corrected chi connectivity index (χ2v) is 5.89. The molecular weight excluding hydrogens is 294 g/mol. The molecule has 2 fully saturated rings. The number of pyridine rings is 1. The summed E-state index contributed by atoms with van der Waals surface area (Å²) in [6.45, 7) is 3.45. The zero-order valence-electron chi connectivity index (χ0n) is 11.6. The monoisotopic (exact) mass is 311 g/mol. The Balaban J connectivity index is 1.58. The lowest BCUT2D eigenvalue weighted by Gasteiger charge is -2.35. The van der Waals surface area contributed by atoms with Crippen LogP contribution in [0.25, 0.3) is 0 Å². The molecule has 0 amide bonds. The lowest BCUT2D eigenvalue weighted by molar-refractivity contribution is -0.0416. The Kier molecular flexibility index (Phi) is 4.28. The molecule has 2 aliphatic rings. The van der Waals surface area contributed by atoms with Gasteiger partial charge in [0, 0.05) is 25.3 Å². The number of carbonyl (C=O) groups is 1. The van der Waals surface area contributed by atoms with Crippen LogP contribution in [0.3, 0.4) is 0 Å². The van der Waals surface area contributed by atoms with Gasteiger partial charge in [-0.1, -0.05) is 11.6 Å². The number of halogens is 1. The standard InChI is InChI=1S/C14H18ClN3O3/c15-12-6-17-13(4-11(12)14(19)20)16-5-10-7-18-3-1-2-9(18)8-21-10/h4,6,9-10H,1-3,5,7-8H2,(H,16,17)(H,19,20). The molecule has 0 bridgehead atoms. The number of hydrogen-bond acceptors (Lipinski definition) is 5. The van der Waals surface area contributed by atoms with E-state index >= 15 is 0 Å². The highest BCUT2D eigenvalue weighted by Gasteiger charge is 2.32. The molecule has 21 heavy (non-hydrogen) atoms. The van der Waals surface area contributed by atoms with Gasteiger partial charge in [0.2, 0.25) is 0 Å². The van der Waals surface area contributed by atoms with Crippen LogP contribution in [0.1, 0.15) is 23.2 Å². The van der Waals surface area contributed by atoms with Gasteiger partial charge in [0.15, 0.2) is 0 Å². The Hall–Kier alpha value is -1.37. The lowest BCUT2D eigenvalue weighted by Crippen LogP contribution is -2.48. The van der Waals surface area contributed by atoms with Crippen molar-refractivity contribution in [2.45, 2.75) is 25.0 Å². The molecule has 3 rings (SSSR count). The number of nitrogens with zero attached hydrogens (tertiary/aromatic N) is 2. The van der Waals surface area contributed by atoms with E-state index in [0.717, 1.165) is 19.7 Å². The van der Waals surface area contributed by atoms with Crippen LogP contribution in [-0.4, -0.2) is 59.3 Å². The van der Waals surface area contributed by atoms with Crippen molar-refractivity contribution in [1.29, 1.82) is 0 Å². The van der Waals surface area contributed by atoms with E-state index in [0.29, 0.717) is 18.4 Å². The molecule has 0 aromatic carbocycles. The number of anilines is 1. The van der Waals surface area contributed by atoms with Crippen molar-refractivity contribution >= 4 is 23.4 Å². The average Bonchev–Trinajstić information content (AvgIpc) is 2.93. The Labute approximate surface area is 128 Å². The highest BCUT2D eigenvalue weighted by molar-refractivity contribution is 6.33. The predicted molar refractivity (Wildman–Crippen MR) is 79.0 cm³/mol. The van der Waals surface area contributed by atoms with Crippen LogP contribution in [-0.2, 0) is 4.74 Å². The van der Waals surface area contributed by atoms with Gasteiger partial charge in [-0.3, -0.25) is 4.90 Å². The molecule has 0 radical (unpaired) electrons. The number of nitrogens with one attached hydrogen (secondary N) is 1. The maximum absolute atomic E-state index is 11.0. The molecule has 114 valence electrons. The Morgan fingerprint density at radius 1 is 1.62 bits per heavy atom. The predicted octanol–water partition coefficient (Wildman–Crippen LogP) is 1.71. The molecule has 0 spiro atoms. The summed E-state index contributed by atoms with van der Waals surface area (Å²) in [5, 5.41) is 12.3. The third-order valence-electron chi connectivity index (χ3n) is 4.06. The van der Waals surface area contributed by atoms with Crippen LogP contribution in [0.2, 0.25) is 5.02 Å². The number of carboxylic acid groups (broad SMARTS) is 1. The van der Waals surface area contributed by atoms with Gasteiger partial charge in [-0.25, -0.2) is 9.78 Å². The highest BCUT2D eigenvalue weighted by Crippen LogP contribution is 2.23. The van der Waals surface area contributed by atoms with E-state index in [9.17, 15) is 4.79 Å². The SMILES string of the molecule is O=C(O)c1cc(NCC2CN3CCCC3CO2)ncc1Cl. The number of hydrogen-bond donors (Lipinski definition) is 2. The van der Waals surface area contributed by atoms with Crippen molar-refractivity contribution in [2.24, 2.45) is 0 Å². The second kappa shape index (κ2) is 6.17. The van der Waals surface area contributed by atoms with Gasteiger partial charge in [-0.2, -0.15) is 0 Å². The van der Waals surface area contributed by atoms with E-state index in [1.165, 1.54) is 25.1 Å². The summed E-state index contributed by atoms with van der Waals surface area (Å²) >= 11 is 5.80. The largest absolute Gasteiger partial charge is 0.478 e. The fraction of sp³-hybridized carbons (Fsp3) is 0.571. The number of fused-ring (bicyclic) bond motifs is 1. The first-order valence-corrected chi connectivity index (χ1v) is 7.49. The maximum Gasteiger partial charge on any atom is 0.337 e. The fourth-order valence-electron chi connectivity index (χ4n) is 2.93. The number of rotatable bonds is 4. The number of carboxylic acids is 1. The quantitative estimate of drug-likeness (QED) is 0.882. The molecule has 3 heterocycles. The Morgan fingerprint density at radius 3 is 3.29 bits per heavy atom. The van der Waals surface area contributed by atoms with Crippen molar-refractivity contribution < 1.29 is 14.6 Å². The summed E-state index contributed by atoms with van der Waals surface area (Å²) in [4.78, 5) is 17.6. The fourth-order valence-corrected chi connectivity index (χ4v) is 3.11. The van der Waals surface area contributed by atoms with Crippen LogP contribution in [0.4, 0.5) is 5.82 Å². The van der Waals surface area contributed by atoms with Crippen molar-refractivity contribution in [1.82, 2.24) is 9.88 Å². The Bertz CT molecular complexity index is 540. The van der Waals surface area contributed by atoms with E-state index in [1.807, 2.05) is 0 Å². The van der Waals surface area contributed by atoms with Gasteiger partial charge < -0.3 is 15.2 Å². The van der Waals surface area contributed by atoms with Crippen molar-refractivity contribution in [2.75, 3.05) is 31.6 Å². The first-order chi connectivity index (χ1) is 10.1. The molecular formula is C14H18ClN3O3. The first-order valence-electron chi connectivity index (χ1n) is 7.12. The van der Waals surface area contributed by atoms with Gasteiger partial charge in [0.1, 0.15) is 5.82 Å². The summed E-state index contributed by atoms with van der Waals surface area (Å²) in [7, 11) is 0. The normalized spacial score (nSPS) is 25.6. The second-order valence-electron chi connectivity index (χ2n) is 5.48. The van der Waals surface area contributed by atoms with Crippen LogP contribution >= 0.6 is 11.6 Å². The zero-order valence-corrected chi connectivity index (χ0v) is 12.3. The summed E-state index contributed by atoms with van der Waals surface area (Å²) in [6, 6.07) is 2.03. The molecule has 0 saturated carbocycles. The minimum atomic E-state index is -1.06. The third-order valence-corrected chi connectivity index (χ3v) is 4.36. The first kappa shape index (κ1) is 14.6. The highest BCUT2D eigenvalue weighted by atomic mass is 35.5. The molecule has 2 aliphatic heterocycles. The van der Waals surface area contributed by atoms with E-state index in [2.05, 4.69) is 15.2 Å². The van der Waals surface area contributed by atoms with E-state index < -0.39 is 5.97 Å². The van der Waals surface area contributed by atoms with Crippen LogP contribution < -0.4 is 5.32 Å². The van der Waals surface area contributed by atoms with E-state index in [1.54, 1.807) is 0 Å². The summed E-state index contributed by atoms with van der Waals surface area (Å²) < 4.78 is 5.84. The summed E-state index contributed by atoms with van der Waals surface area (Å²) in [5.41, 5.74) is 0.0540. The van der Waals surface area contributed by atoms with Gasteiger partial charge in [0.05, 0.1) is 23.3 Å². The smallest absolute Gasteiger partial charge is 0.337 e. The van der Waals surface area contributed by atoms with Crippen LogP contribution in [0.15, 0.2) is 12.3 Å². The lowest BCUT2D eigenvalue weighted by atomic mass is 10.2. The summed E-state index contributed by atoms with van der Waals surface area (Å²) in [5.74, 6) is -0.553. The van der Waals surface area contributed by atoms with Crippen molar-refractivity contribution in [3.8, 4) is 0 Å². The average molecular weight is 312 g/mol. The van der Waals surface area contributed by atoms with E-state index in [-0.39, 0.29) is 16.7 Å². The van der Waals surface area contributed by atoms with Gasteiger partial charge in [-0.15, -0.1) is 0 Å². The van der Waals surface area contributed by atoms with Crippen LogP contribution in [0.5, 0.6) is 0 Å². The number of ether oxygens (including phenoxy) is 1. The molecule has 6 nitrogen and oxygen atoms in total.